The molecule has 126 valence electrons. The molecule has 1 aliphatic heterocycles. The highest BCUT2D eigenvalue weighted by atomic mass is 19.1. The second-order valence-corrected chi connectivity index (χ2v) is 5.55. The van der Waals surface area contributed by atoms with Gasteiger partial charge in [-0.15, -0.1) is 5.06 Å². The molecule has 1 saturated heterocycles. The van der Waals surface area contributed by atoms with E-state index >= 15 is 0 Å². The van der Waals surface area contributed by atoms with E-state index in [1.165, 1.54) is 29.3 Å². The first-order chi connectivity index (χ1) is 11.5. The summed E-state index contributed by atoms with van der Waals surface area (Å²) in [5, 5.41) is 10.5. The van der Waals surface area contributed by atoms with E-state index in [-0.39, 0.29) is 5.82 Å². The fraction of sp³-hybridized carbons (Fsp3) is 0.235. The Balaban J connectivity index is 1.66. The van der Waals surface area contributed by atoms with Crippen LogP contribution in [-0.4, -0.2) is 28.3 Å². The van der Waals surface area contributed by atoms with Gasteiger partial charge in [-0.05, 0) is 61.4 Å². The lowest BCUT2D eigenvalue weighted by atomic mass is 10.1. The molecule has 7 heteroatoms. The molecule has 2 aromatic rings. The van der Waals surface area contributed by atoms with E-state index in [2.05, 4.69) is 0 Å². The smallest absolute Gasteiger partial charge is 0.342 e. The monoisotopic (exact) mass is 332 g/mol. The van der Waals surface area contributed by atoms with Gasteiger partial charge in [-0.1, -0.05) is 0 Å². The highest BCUT2D eigenvalue weighted by molar-refractivity contribution is 5.78. The molecular formula is C17H17FN2O4. The Kier molecular flexibility index (Phi) is 4.37. The Morgan fingerprint density at radius 2 is 1.62 bits per heavy atom. The van der Waals surface area contributed by atoms with Crippen LogP contribution in [0.3, 0.4) is 0 Å². The van der Waals surface area contributed by atoms with Gasteiger partial charge in [0.1, 0.15) is 23.1 Å². The van der Waals surface area contributed by atoms with Crippen molar-refractivity contribution >= 4 is 5.97 Å². The highest BCUT2D eigenvalue weighted by Gasteiger charge is 2.46. The van der Waals surface area contributed by atoms with E-state index < -0.39 is 11.6 Å². The third kappa shape index (κ3) is 3.32. The molecule has 24 heavy (non-hydrogen) atoms. The summed E-state index contributed by atoms with van der Waals surface area (Å²) < 4.78 is 18.4. The lowest BCUT2D eigenvalue weighted by molar-refractivity contribution is -0.173. The Hall–Kier alpha value is -2.64. The molecule has 6 nitrogen and oxygen atoms in total. The summed E-state index contributed by atoms with van der Waals surface area (Å²) in [5.74, 6) is 0.0696. The summed E-state index contributed by atoms with van der Waals surface area (Å²) in [6.45, 7) is 0.441. The quantitative estimate of drug-likeness (QED) is 0.876. The number of nitrogens with zero attached hydrogens (tertiary/aromatic N) is 1. The maximum Gasteiger partial charge on any atom is 0.342 e. The summed E-state index contributed by atoms with van der Waals surface area (Å²) in [4.78, 5) is 16.9. The highest BCUT2D eigenvalue weighted by Crippen LogP contribution is 2.29. The number of aliphatic carboxylic acids is 1. The van der Waals surface area contributed by atoms with Crippen molar-refractivity contribution in [1.82, 2.24) is 5.06 Å². The van der Waals surface area contributed by atoms with Gasteiger partial charge in [0.05, 0.1) is 0 Å². The van der Waals surface area contributed by atoms with Gasteiger partial charge in [0.2, 0.25) is 5.66 Å². The molecule has 1 aliphatic rings. The van der Waals surface area contributed by atoms with E-state index in [9.17, 15) is 14.3 Å². The van der Waals surface area contributed by atoms with E-state index in [0.717, 1.165) is 0 Å². The second kappa shape index (κ2) is 6.46. The first-order valence-corrected chi connectivity index (χ1v) is 7.49. The Morgan fingerprint density at radius 1 is 1.08 bits per heavy atom. The summed E-state index contributed by atoms with van der Waals surface area (Å²) in [6, 6.07) is 12.3. The van der Waals surface area contributed by atoms with E-state index in [1.807, 2.05) is 0 Å². The van der Waals surface area contributed by atoms with E-state index in [1.54, 1.807) is 24.3 Å². The molecule has 0 aliphatic carbocycles. The van der Waals surface area contributed by atoms with Crippen LogP contribution < -0.4 is 15.3 Å². The average molecular weight is 332 g/mol. The van der Waals surface area contributed by atoms with Crippen LogP contribution in [0.2, 0.25) is 0 Å². The van der Waals surface area contributed by atoms with Crippen LogP contribution in [0.25, 0.3) is 0 Å². The molecule has 0 spiro atoms. The molecule has 1 fully saturated rings. The average Bonchev–Trinajstić information content (AvgIpc) is 2.94. The molecule has 1 heterocycles. The molecule has 3 N–H and O–H groups in total. The van der Waals surface area contributed by atoms with Crippen molar-refractivity contribution in [2.75, 3.05) is 6.54 Å². The third-order valence-corrected chi connectivity index (χ3v) is 3.82. The molecule has 2 aromatic carbocycles. The number of benzene rings is 2. The van der Waals surface area contributed by atoms with Crippen molar-refractivity contribution in [1.29, 1.82) is 0 Å². The second-order valence-electron chi connectivity index (χ2n) is 5.55. The van der Waals surface area contributed by atoms with Crippen molar-refractivity contribution in [2.24, 2.45) is 5.73 Å². The van der Waals surface area contributed by atoms with Gasteiger partial charge < -0.3 is 20.4 Å². The number of halogens is 1. The van der Waals surface area contributed by atoms with Gasteiger partial charge in [-0.2, -0.15) is 0 Å². The van der Waals surface area contributed by atoms with E-state index in [0.29, 0.717) is 36.6 Å². The fourth-order valence-corrected chi connectivity index (χ4v) is 2.49. The first kappa shape index (κ1) is 16.2. The van der Waals surface area contributed by atoms with Gasteiger partial charge in [0, 0.05) is 6.54 Å². The van der Waals surface area contributed by atoms with Gasteiger partial charge in [-0.3, -0.25) is 0 Å². The van der Waals surface area contributed by atoms with Crippen LogP contribution in [0.4, 0.5) is 4.39 Å². The van der Waals surface area contributed by atoms with Crippen LogP contribution >= 0.6 is 0 Å². The van der Waals surface area contributed by atoms with Crippen molar-refractivity contribution < 1.29 is 23.9 Å². The van der Waals surface area contributed by atoms with Crippen molar-refractivity contribution in [3.8, 4) is 17.2 Å². The first-order valence-electron chi connectivity index (χ1n) is 7.49. The molecule has 0 amide bonds. The minimum atomic E-state index is -1.51. The number of carboxylic acids is 1. The number of hydrogen-bond acceptors (Lipinski definition) is 5. The molecular weight excluding hydrogens is 315 g/mol. The molecule has 0 radical (unpaired) electrons. The molecule has 3 rings (SSSR count). The van der Waals surface area contributed by atoms with Crippen molar-refractivity contribution in [2.45, 2.75) is 18.5 Å². The Labute approximate surface area is 138 Å². The predicted octanol–water partition coefficient (Wildman–Crippen LogP) is 2.75. The van der Waals surface area contributed by atoms with E-state index in [4.69, 9.17) is 15.3 Å². The van der Waals surface area contributed by atoms with Gasteiger partial charge in [0.25, 0.3) is 0 Å². The molecule has 1 atom stereocenters. The molecule has 0 aromatic heterocycles. The zero-order chi connectivity index (χ0) is 17.2. The zero-order valence-corrected chi connectivity index (χ0v) is 12.8. The molecule has 0 bridgehead atoms. The number of hydrogen-bond donors (Lipinski definition) is 2. The number of nitrogens with two attached hydrogens (primary N) is 1. The third-order valence-electron chi connectivity index (χ3n) is 3.82. The zero-order valence-electron chi connectivity index (χ0n) is 12.8. The lowest BCUT2D eigenvalue weighted by Crippen LogP contribution is -2.59. The van der Waals surface area contributed by atoms with Gasteiger partial charge in [-0.25, -0.2) is 9.18 Å². The van der Waals surface area contributed by atoms with Crippen LogP contribution in [0, 0.1) is 5.82 Å². The molecule has 0 saturated carbocycles. The topological polar surface area (TPSA) is 85.0 Å². The van der Waals surface area contributed by atoms with Crippen LogP contribution in [0.15, 0.2) is 48.5 Å². The van der Waals surface area contributed by atoms with Crippen molar-refractivity contribution in [3.05, 3.63) is 54.3 Å². The summed E-state index contributed by atoms with van der Waals surface area (Å²) >= 11 is 0. The van der Waals surface area contributed by atoms with Gasteiger partial charge in [0.15, 0.2) is 0 Å². The standard InChI is InChI=1S/C17H17FN2O4/c18-12-2-4-13(5-3-12)23-14-6-8-15(9-7-14)24-20-11-1-10-17(20,19)16(21)22/h2-9H,1,10-11,19H2,(H,21,22)/t17-/m0/s1. The number of carbonyl (C=O) groups is 1. The maximum atomic E-state index is 12.9. The SMILES string of the molecule is N[C@@]1(C(=O)O)CCCN1Oc1ccc(Oc2ccc(F)cc2)cc1. The summed E-state index contributed by atoms with van der Waals surface area (Å²) in [7, 11) is 0. The predicted molar refractivity (Wildman–Crippen MR) is 84.0 cm³/mol. The minimum Gasteiger partial charge on any atom is -0.479 e. The maximum absolute atomic E-state index is 12.9. The minimum absolute atomic E-state index is 0.327. The number of carboxylic acid groups (broad SMARTS) is 1. The number of rotatable bonds is 5. The number of hydroxylamine groups is 2. The van der Waals surface area contributed by atoms with Crippen LogP contribution in [0.1, 0.15) is 12.8 Å². The Morgan fingerprint density at radius 3 is 2.21 bits per heavy atom. The Bertz CT molecular complexity index is 720. The fourth-order valence-electron chi connectivity index (χ4n) is 2.49. The summed E-state index contributed by atoms with van der Waals surface area (Å²) in [5.41, 5.74) is 4.37. The normalized spacial score (nSPS) is 20.8. The van der Waals surface area contributed by atoms with Crippen molar-refractivity contribution in [3.63, 3.8) is 0 Å². The van der Waals surface area contributed by atoms with Gasteiger partial charge >= 0.3 is 5.97 Å². The largest absolute Gasteiger partial charge is 0.479 e. The summed E-state index contributed by atoms with van der Waals surface area (Å²) in [6.07, 6.45) is 0.975. The molecule has 0 unspecified atom stereocenters. The van der Waals surface area contributed by atoms with Crippen LogP contribution in [-0.2, 0) is 4.79 Å². The lowest BCUT2D eigenvalue weighted by Gasteiger charge is -2.29. The number of ether oxygens (including phenoxy) is 1. The van der Waals surface area contributed by atoms with Crippen LogP contribution in [0.5, 0.6) is 17.2 Å².